The number of amides is 1. The first-order valence-electron chi connectivity index (χ1n) is 12.7. The summed E-state index contributed by atoms with van der Waals surface area (Å²) in [5.74, 6) is 1.84. The van der Waals surface area contributed by atoms with Gasteiger partial charge in [0, 0.05) is 24.4 Å². The number of aliphatic hydroxyl groups excluding tert-OH is 1. The molecule has 2 aromatic rings. The van der Waals surface area contributed by atoms with Crippen LogP contribution < -0.4 is 26.4 Å². The third-order valence-corrected chi connectivity index (χ3v) is 7.80. The lowest BCUT2D eigenvalue weighted by atomic mass is 9.98. The highest BCUT2D eigenvalue weighted by atomic mass is 35.5. The van der Waals surface area contributed by atoms with Crippen LogP contribution in [0.2, 0.25) is 5.02 Å². The van der Waals surface area contributed by atoms with Gasteiger partial charge in [-0.2, -0.15) is 4.98 Å². The van der Waals surface area contributed by atoms with Crippen molar-refractivity contribution in [1.29, 1.82) is 0 Å². The Balaban J connectivity index is 1.34. The molecule has 1 aromatic heterocycles. The number of nitrogens with one attached hydrogen (secondary N) is 3. The number of nitrogens with zero attached hydrogens (tertiary/aromatic N) is 2. The molecule has 3 aliphatic rings. The molecule has 37 heavy (non-hydrogen) atoms. The van der Waals surface area contributed by atoms with E-state index < -0.39 is 6.09 Å². The Labute approximate surface area is 221 Å². The van der Waals surface area contributed by atoms with Crippen LogP contribution in [-0.4, -0.2) is 59.6 Å². The van der Waals surface area contributed by atoms with Crippen LogP contribution in [0.15, 0.2) is 30.5 Å². The molecule has 11 heteroatoms. The van der Waals surface area contributed by atoms with Crippen molar-refractivity contribution in [2.45, 2.75) is 50.3 Å². The lowest BCUT2D eigenvalue weighted by Gasteiger charge is -2.28. The minimum absolute atomic E-state index is 0.121. The lowest BCUT2D eigenvalue weighted by molar-refractivity contribution is 0.0853. The molecular weight excluding hydrogens is 496 g/mol. The van der Waals surface area contributed by atoms with E-state index in [9.17, 15) is 4.79 Å². The summed E-state index contributed by atoms with van der Waals surface area (Å²) in [5, 5.41) is 19.6. The smallest absolute Gasteiger partial charge is 0.404 e. The highest BCUT2D eigenvalue weighted by Crippen LogP contribution is 2.43. The van der Waals surface area contributed by atoms with E-state index in [0.29, 0.717) is 35.1 Å². The molecule has 1 heterocycles. The predicted octanol–water partition coefficient (Wildman–Crippen LogP) is 3.16. The maximum absolute atomic E-state index is 11.5. The Morgan fingerprint density at radius 3 is 2.70 bits per heavy atom. The molecule has 3 aliphatic carbocycles. The summed E-state index contributed by atoms with van der Waals surface area (Å²) < 4.78 is 11.1. The third-order valence-electron chi connectivity index (χ3n) is 7.52. The number of primary amides is 1. The molecule has 0 radical (unpaired) electrons. The molecule has 0 saturated heterocycles. The highest BCUT2D eigenvalue weighted by molar-refractivity contribution is 6.32. The number of halogens is 1. The number of ether oxygens (including phenoxy) is 2. The zero-order chi connectivity index (χ0) is 25.9. The molecule has 1 saturated carbocycles. The van der Waals surface area contributed by atoms with Gasteiger partial charge >= 0.3 is 6.09 Å². The van der Waals surface area contributed by atoms with Crippen molar-refractivity contribution in [2.75, 3.05) is 30.9 Å². The van der Waals surface area contributed by atoms with E-state index in [4.69, 9.17) is 31.9 Å². The summed E-state index contributed by atoms with van der Waals surface area (Å²) in [6.45, 7) is 0.746. The number of fused-ring (bicyclic) bond motifs is 3. The fraction of sp³-hybridized carbons (Fsp3) is 0.500. The topological polar surface area (TPSA) is 144 Å². The first kappa shape index (κ1) is 25.6. The number of hydrogen-bond acceptors (Lipinski definition) is 9. The van der Waals surface area contributed by atoms with Gasteiger partial charge in [-0.1, -0.05) is 23.8 Å². The average Bonchev–Trinajstić information content (AvgIpc) is 3.42. The number of rotatable bonds is 9. The highest BCUT2D eigenvalue weighted by Gasteiger charge is 2.47. The number of aryl methyl sites for hydroxylation is 2. The summed E-state index contributed by atoms with van der Waals surface area (Å²) in [5.41, 5.74) is 8.60. The second-order valence-corrected chi connectivity index (χ2v) is 10.2. The van der Waals surface area contributed by atoms with E-state index in [1.54, 1.807) is 13.3 Å². The Kier molecular flexibility index (Phi) is 7.68. The Hall–Kier alpha value is -3.08. The number of aliphatic hydroxyl groups is 1. The molecule has 0 spiro atoms. The van der Waals surface area contributed by atoms with Crippen LogP contribution >= 0.6 is 11.6 Å². The van der Waals surface area contributed by atoms with Gasteiger partial charge in [0.25, 0.3) is 0 Å². The Morgan fingerprint density at radius 2 is 1.97 bits per heavy atom. The van der Waals surface area contributed by atoms with E-state index in [-0.39, 0.29) is 30.6 Å². The number of benzene rings is 1. The van der Waals surface area contributed by atoms with Crippen molar-refractivity contribution in [3.8, 4) is 5.75 Å². The SMILES string of the molecule is COc1cc2c(cc1Nc1ncc(Cl)c(N[C@H]3[C@@H](OC(N)=O)[C@@H]4C=C[C@H]3C4)n1)CCC(NCCO)CC2. The van der Waals surface area contributed by atoms with E-state index in [0.717, 1.165) is 37.8 Å². The van der Waals surface area contributed by atoms with Crippen LogP contribution in [0.3, 0.4) is 0 Å². The molecule has 1 aromatic carbocycles. The molecule has 1 amide bonds. The van der Waals surface area contributed by atoms with Gasteiger partial charge in [-0.15, -0.1) is 0 Å². The van der Waals surface area contributed by atoms with Gasteiger partial charge in [0.05, 0.1) is 31.6 Å². The quantitative estimate of drug-likeness (QED) is 0.245. The number of hydrogen-bond donors (Lipinski definition) is 5. The molecule has 5 atom stereocenters. The van der Waals surface area contributed by atoms with Crippen molar-refractivity contribution >= 4 is 35.1 Å². The van der Waals surface area contributed by atoms with Crippen molar-refractivity contribution in [2.24, 2.45) is 17.6 Å². The van der Waals surface area contributed by atoms with Crippen LogP contribution in [0.5, 0.6) is 5.75 Å². The Bertz CT molecular complexity index is 1180. The van der Waals surface area contributed by atoms with Gasteiger partial charge in [0.2, 0.25) is 5.95 Å². The monoisotopic (exact) mass is 528 g/mol. The van der Waals surface area contributed by atoms with Gasteiger partial charge in [-0.25, -0.2) is 9.78 Å². The maximum Gasteiger partial charge on any atom is 0.404 e. The lowest BCUT2D eigenvalue weighted by Crippen LogP contribution is -2.41. The van der Waals surface area contributed by atoms with E-state index in [1.807, 2.05) is 0 Å². The molecule has 0 aliphatic heterocycles. The van der Waals surface area contributed by atoms with Crippen molar-refractivity contribution in [3.05, 3.63) is 46.6 Å². The van der Waals surface area contributed by atoms with E-state index >= 15 is 0 Å². The Morgan fingerprint density at radius 1 is 1.22 bits per heavy atom. The maximum atomic E-state index is 11.5. The third kappa shape index (κ3) is 5.61. The first-order chi connectivity index (χ1) is 17.9. The molecule has 2 bridgehead atoms. The largest absolute Gasteiger partial charge is 0.495 e. The van der Waals surface area contributed by atoms with Crippen molar-refractivity contribution < 1.29 is 19.4 Å². The van der Waals surface area contributed by atoms with Crippen LogP contribution in [0, 0.1) is 11.8 Å². The van der Waals surface area contributed by atoms with Crippen LogP contribution in [0.25, 0.3) is 0 Å². The fourth-order valence-corrected chi connectivity index (χ4v) is 5.89. The second kappa shape index (κ2) is 11.1. The van der Waals surface area contributed by atoms with Gasteiger partial charge in [-0.05, 0) is 55.4 Å². The van der Waals surface area contributed by atoms with Gasteiger partial charge in [0.1, 0.15) is 16.9 Å². The number of anilines is 3. The van der Waals surface area contributed by atoms with E-state index in [2.05, 4.69) is 50.2 Å². The van der Waals surface area contributed by atoms with Crippen molar-refractivity contribution in [3.63, 3.8) is 0 Å². The van der Waals surface area contributed by atoms with Gasteiger partial charge in [0.15, 0.2) is 5.82 Å². The molecule has 5 rings (SSSR count). The van der Waals surface area contributed by atoms with Gasteiger partial charge in [-0.3, -0.25) is 0 Å². The molecule has 1 fully saturated rings. The number of methoxy groups -OCH3 is 1. The average molecular weight is 529 g/mol. The summed E-state index contributed by atoms with van der Waals surface area (Å²) in [6, 6.07) is 4.37. The molecule has 10 nitrogen and oxygen atoms in total. The molecule has 1 unspecified atom stereocenters. The van der Waals surface area contributed by atoms with Crippen molar-refractivity contribution in [1.82, 2.24) is 15.3 Å². The first-order valence-corrected chi connectivity index (χ1v) is 13.1. The van der Waals surface area contributed by atoms with Crippen LogP contribution in [-0.2, 0) is 17.6 Å². The summed E-state index contributed by atoms with van der Waals surface area (Å²) in [7, 11) is 1.65. The molecule has 198 valence electrons. The van der Waals surface area contributed by atoms with Crippen LogP contribution in [0.4, 0.5) is 22.2 Å². The normalized spacial score (nSPS) is 25.9. The minimum atomic E-state index is -0.792. The summed E-state index contributed by atoms with van der Waals surface area (Å²) in [4.78, 5) is 20.5. The number of carbonyl (C=O) groups is 1. The zero-order valence-electron chi connectivity index (χ0n) is 20.7. The zero-order valence-corrected chi connectivity index (χ0v) is 21.5. The van der Waals surface area contributed by atoms with E-state index in [1.165, 1.54) is 11.1 Å². The number of carbonyl (C=O) groups excluding carboxylic acids is 1. The fourth-order valence-electron chi connectivity index (χ4n) is 5.74. The minimum Gasteiger partial charge on any atom is -0.495 e. The number of nitrogens with two attached hydrogens (primary N) is 1. The number of aromatic nitrogens is 2. The summed E-state index contributed by atoms with van der Waals surface area (Å²) in [6.07, 6.45) is 9.31. The van der Waals surface area contributed by atoms with Gasteiger partial charge < -0.3 is 36.3 Å². The molecule has 6 N–H and O–H groups in total. The summed E-state index contributed by atoms with van der Waals surface area (Å²) >= 11 is 6.44. The second-order valence-electron chi connectivity index (χ2n) is 9.81. The van der Waals surface area contributed by atoms with Crippen LogP contribution in [0.1, 0.15) is 30.4 Å². The standard InChI is InChI=1S/C26H33ClN6O4/c1-36-21-12-15-5-7-18(29-8-9-34)6-4-14(15)11-20(21)31-26-30-13-19(27)24(33-26)32-22-16-2-3-17(10-16)23(22)37-25(28)35/h2-3,11-13,16-18,22-23,29,34H,4-10H2,1H3,(H2,28,35)(H2,30,31,32,33)/t16-,17+,18?,22+,23-/m0/s1. The predicted molar refractivity (Wildman–Crippen MR) is 141 cm³/mol. The molecular formula is C26H33ClN6O4.